The zero-order valence-corrected chi connectivity index (χ0v) is 29.3. The molecule has 0 heterocycles. The molecule has 0 amide bonds. The second-order valence-electron chi connectivity index (χ2n) is 14.9. The second-order valence-corrected chi connectivity index (χ2v) is 19.8. The van der Waals surface area contributed by atoms with E-state index in [2.05, 4.69) is 88.5 Å². The SMILES string of the molecule is COC(C)(C)O[C@H]1CC[C@@]2(C)C(=CC[C@H]3[C@@H]4CC[C@H]([C@H](C)C[C@@H]5C(Br)(Br)[C@]5(Br)C(C)C)[C@@]4(C)CC[C@@H]32)C1. The van der Waals surface area contributed by atoms with Gasteiger partial charge in [0.25, 0.3) is 0 Å². The average Bonchev–Trinajstić information content (AvgIpc) is 3.09. The standard InChI is InChI=1S/C32H51Br3O2/c1-19(2)31(33)27(32(31,34)35)17-20(3)24-11-12-25-23-10-9-21-18-22(37-28(4,5)36-8)13-15-29(21,6)26(23)14-16-30(24,25)7/h9,19-20,22-27H,10-18H2,1-8H3/t20-,22+,23+,24-,25+,26+,27+,29+,30-,31+/m1/s1. The number of rotatable bonds is 7. The highest BCUT2D eigenvalue weighted by atomic mass is 79.9. The van der Waals surface area contributed by atoms with Gasteiger partial charge in [-0.05, 0) is 118 Å². The summed E-state index contributed by atoms with van der Waals surface area (Å²) in [5.74, 6) is 5.01. The van der Waals surface area contributed by atoms with Crippen LogP contribution in [0.3, 0.4) is 0 Å². The van der Waals surface area contributed by atoms with E-state index in [-0.39, 0.29) is 7.56 Å². The molecule has 5 rings (SSSR count). The van der Waals surface area contributed by atoms with Gasteiger partial charge in [0, 0.05) is 13.0 Å². The molecule has 0 spiro atoms. The molecule has 0 radical (unpaired) electrons. The Morgan fingerprint density at radius 2 is 1.70 bits per heavy atom. The third kappa shape index (κ3) is 4.56. The molecule has 5 heteroatoms. The van der Waals surface area contributed by atoms with Crippen molar-refractivity contribution in [3.05, 3.63) is 11.6 Å². The third-order valence-electron chi connectivity index (χ3n) is 12.6. The molecule has 0 aliphatic heterocycles. The monoisotopic (exact) mass is 704 g/mol. The first-order valence-electron chi connectivity index (χ1n) is 15.1. The molecule has 4 fully saturated rings. The molecule has 5 aliphatic rings. The van der Waals surface area contributed by atoms with Crippen LogP contribution >= 0.6 is 47.8 Å². The molecule has 0 unspecified atom stereocenters. The van der Waals surface area contributed by atoms with E-state index < -0.39 is 5.79 Å². The van der Waals surface area contributed by atoms with Gasteiger partial charge < -0.3 is 9.47 Å². The van der Waals surface area contributed by atoms with Gasteiger partial charge in [-0.3, -0.25) is 0 Å². The summed E-state index contributed by atoms with van der Waals surface area (Å²) < 4.78 is 12.2. The van der Waals surface area contributed by atoms with E-state index in [4.69, 9.17) is 9.47 Å². The summed E-state index contributed by atoms with van der Waals surface area (Å²) >= 11 is 12.3. The number of methoxy groups -OCH3 is 1. The first kappa shape index (κ1) is 29.6. The minimum Gasteiger partial charge on any atom is -0.354 e. The molecule has 0 aromatic rings. The first-order chi connectivity index (χ1) is 17.1. The van der Waals surface area contributed by atoms with Gasteiger partial charge in [-0.25, -0.2) is 0 Å². The summed E-state index contributed by atoms with van der Waals surface area (Å²) in [4.78, 5) is 0. The van der Waals surface area contributed by atoms with Crippen LogP contribution in [0.15, 0.2) is 11.6 Å². The summed E-state index contributed by atoms with van der Waals surface area (Å²) in [6, 6.07) is 0. The van der Waals surface area contributed by atoms with Crippen LogP contribution in [0.5, 0.6) is 0 Å². The fourth-order valence-corrected chi connectivity index (χ4v) is 13.9. The number of fused-ring (bicyclic) bond motifs is 5. The Morgan fingerprint density at radius 3 is 2.32 bits per heavy atom. The molecule has 10 atom stereocenters. The van der Waals surface area contributed by atoms with Gasteiger partial charge in [-0.15, -0.1) is 0 Å². The van der Waals surface area contributed by atoms with Gasteiger partial charge in [0.15, 0.2) is 5.79 Å². The molecular formula is C32H51Br3O2. The summed E-state index contributed by atoms with van der Waals surface area (Å²) in [7, 11) is 1.76. The number of ether oxygens (including phenoxy) is 2. The molecule has 37 heavy (non-hydrogen) atoms. The smallest absolute Gasteiger partial charge is 0.162 e. The fraction of sp³-hybridized carbons (Fsp3) is 0.938. The van der Waals surface area contributed by atoms with Crippen molar-refractivity contribution in [2.45, 2.75) is 126 Å². The maximum atomic E-state index is 6.39. The van der Waals surface area contributed by atoms with Crippen molar-refractivity contribution >= 4 is 47.8 Å². The second kappa shape index (κ2) is 9.84. The molecule has 4 saturated carbocycles. The van der Waals surface area contributed by atoms with Crippen LogP contribution in [0.4, 0.5) is 0 Å². The average molecular weight is 707 g/mol. The predicted octanol–water partition coefficient (Wildman–Crippen LogP) is 10.3. The van der Waals surface area contributed by atoms with Crippen molar-refractivity contribution in [3.63, 3.8) is 0 Å². The largest absolute Gasteiger partial charge is 0.354 e. The van der Waals surface area contributed by atoms with Crippen LogP contribution in [-0.4, -0.2) is 26.6 Å². The Labute approximate surface area is 252 Å². The molecule has 2 nitrogen and oxygen atoms in total. The van der Waals surface area contributed by atoms with Crippen LogP contribution in [0, 0.1) is 52.3 Å². The molecule has 0 aromatic carbocycles. The Morgan fingerprint density at radius 1 is 1.00 bits per heavy atom. The molecule has 5 aliphatic carbocycles. The van der Waals surface area contributed by atoms with E-state index in [1.54, 1.807) is 12.7 Å². The lowest BCUT2D eigenvalue weighted by atomic mass is 9.47. The summed E-state index contributed by atoms with van der Waals surface area (Å²) in [5, 5.41) is 0. The van der Waals surface area contributed by atoms with Crippen LogP contribution in [-0.2, 0) is 9.47 Å². The van der Waals surface area contributed by atoms with Gasteiger partial charge in [0.1, 0.15) is 3.23 Å². The number of hydrogen-bond acceptors (Lipinski definition) is 2. The summed E-state index contributed by atoms with van der Waals surface area (Å²) in [6.07, 6.45) is 14.8. The zero-order valence-electron chi connectivity index (χ0n) is 24.5. The van der Waals surface area contributed by atoms with E-state index in [0.29, 0.717) is 28.8 Å². The van der Waals surface area contributed by atoms with Crippen LogP contribution < -0.4 is 0 Å². The molecule has 212 valence electrons. The molecular weight excluding hydrogens is 656 g/mol. The van der Waals surface area contributed by atoms with E-state index in [0.717, 1.165) is 42.4 Å². The predicted molar refractivity (Wildman–Crippen MR) is 166 cm³/mol. The number of allylic oxidation sites excluding steroid dienone is 1. The minimum absolute atomic E-state index is 0.0478. The van der Waals surface area contributed by atoms with Gasteiger partial charge in [0.2, 0.25) is 0 Å². The van der Waals surface area contributed by atoms with E-state index >= 15 is 0 Å². The lowest BCUT2D eigenvalue weighted by molar-refractivity contribution is -0.229. The Bertz CT molecular complexity index is 914. The fourth-order valence-electron chi connectivity index (χ4n) is 10.3. The Hall–Kier alpha value is 1.10. The first-order valence-corrected chi connectivity index (χ1v) is 17.5. The lowest BCUT2D eigenvalue weighted by Gasteiger charge is -2.58. The quantitative estimate of drug-likeness (QED) is 0.149. The van der Waals surface area contributed by atoms with Gasteiger partial charge in [-0.2, -0.15) is 0 Å². The highest BCUT2D eigenvalue weighted by Crippen LogP contribution is 2.75. The van der Waals surface area contributed by atoms with Crippen molar-refractivity contribution in [3.8, 4) is 0 Å². The maximum absolute atomic E-state index is 6.39. The minimum atomic E-state index is -0.494. The number of alkyl halides is 3. The molecule has 0 saturated heterocycles. The van der Waals surface area contributed by atoms with Crippen LogP contribution in [0.1, 0.15) is 106 Å². The normalized spacial score (nSPS) is 47.6. The maximum Gasteiger partial charge on any atom is 0.162 e. The zero-order chi connectivity index (χ0) is 27.2. The van der Waals surface area contributed by atoms with Gasteiger partial charge >= 0.3 is 0 Å². The topological polar surface area (TPSA) is 18.5 Å². The van der Waals surface area contributed by atoms with Crippen LogP contribution in [0.25, 0.3) is 0 Å². The Kier molecular flexibility index (Phi) is 7.87. The van der Waals surface area contributed by atoms with E-state index in [9.17, 15) is 0 Å². The van der Waals surface area contributed by atoms with Crippen molar-refractivity contribution in [2.75, 3.05) is 7.11 Å². The number of halogens is 3. The molecule has 0 aromatic heterocycles. The number of hydrogen-bond donors (Lipinski definition) is 0. The van der Waals surface area contributed by atoms with Crippen molar-refractivity contribution in [1.29, 1.82) is 0 Å². The summed E-state index contributed by atoms with van der Waals surface area (Å²) in [5.41, 5.74) is 2.58. The Balaban J connectivity index is 1.29. The molecule has 0 bridgehead atoms. The lowest BCUT2D eigenvalue weighted by Crippen LogP contribution is -2.51. The van der Waals surface area contributed by atoms with Crippen molar-refractivity contribution in [1.82, 2.24) is 0 Å². The highest BCUT2D eigenvalue weighted by Gasteiger charge is 2.74. The van der Waals surface area contributed by atoms with Gasteiger partial charge in [-0.1, -0.05) is 94.1 Å². The van der Waals surface area contributed by atoms with E-state index in [1.807, 2.05) is 13.8 Å². The van der Waals surface area contributed by atoms with E-state index in [1.165, 1.54) is 44.9 Å². The van der Waals surface area contributed by atoms with Crippen molar-refractivity contribution in [2.24, 2.45) is 52.3 Å². The van der Waals surface area contributed by atoms with Crippen molar-refractivity contribution < 1.29 is 9.47 Å². The summed E-state index contributed by atoms with van der Waals surface area (Å²) in [6.45, 7) is 16.7. The van der Waals surface area contributed by atoms with Crippen LogP contribution in [0.2, 0.25) is 0 Å². The molecule has 0 N–H and O–H groups in total. The highest BCUT2D eigenvalue weighted by molar-refractivity contribution is 9.26. The van der Waals surface area contributed by atoms with Gasteiger partial charge in [0.05, 0.1) is 10.4 Å². The third-order valence-corrected chi connectivity index (χ3v) is 18.2.